The minimum atomic E-state index is -0.269. The van der Waals surface area contributed by atoms with Gasteiger partial charge < -0.3 is 10.2 Å². The Morgan fingerprint density at radius 2 is 1.58 bits per heavy atom. The molecule has 0 radical (unpaired) electrons. The van der Waals surface area contributed by atoms with Crippen LogP contribution in [-0.4, -0.2) is 28.7 Å². The number of hydrogen-bond donors (Lipinski definition) is 2. The lowest BCUT2D eigenvalue weighted by Gasteiger charge is -2.70. The van der Waals surface area contributed by atoms with Gasteiger partial charge in [-0.2, -0.15) is 0 Å². The molecule has 0 bridgehead atoms. The fourth-order valence-corrected chi connectivity index (χ4v) is 10.4. The number of rotatable bonds is 1. The monoisotopic (exact) mass is 456 g/mol. The molecule has 0 heterocycles. The van der Waals surface area contributed by atoms with E-state index >= 15 is 0 Å². The minimum Gasteiger partial charge on any atom is -0.396 e. The maximum Gasteiger partial charge on any atom is 0.159 e. The number of hydrogen-bond acceptors (Lipinski definition) is 3. The van der Waals surface area contributed by atoms with E-state index in [9.17, 15) is 15.0 Å². The molecule has 5 rings (SSSR count). The van der Waals surface area contributed by atoms with Crippen molar-refractivity contribution in [3.8, 4) is 0 Å². The van der Waals surface area contributed by atoms with Gasteiger partial charge in [-0.05, 0) is 108 Å². The summed E-state index contributed by atoms with van der Waals surface area (Å²) in [5, 5.41) is 21.1. The highest BCUT2D eigenvalue weighted by molar-refractivity contribution is 5.95. The Kier molecular flexibility index (Phi) is 5.07. The first-order valence-corrected chi connectivity index (χ1v) is 13.7. The van der Waals surface area contributed by atoms with Crippen LogP contribution in [0.4, 0.5) is 0 Å². The van der Waals surface area contributed by atoms with Gasteiger partial charge in [-0.1, -0.05) is 54.0 Å². The Bertz CT molecular complexity index is 889. The highest BCUT2D eigenvalue weighted by Crippen LogP contribution is 2.75. The number of aliphatic hydroxyl groups excluding tert-OH is 2. The zero-order valence-electron chi connectivity index (χ0n) is 22.3. The predicted molar refractivity (Wildman–Crippen MR) is 133 cm³/mol. The van der Waals surface area contributed by atoms with Crippen LogP contribution in [0.1, 0.15) is 106 Å². The fraction of sp³-hybridized carbons (Fsp3) is 0.900. The van der Waals surface area contributed by atoms with E-state index < -0.39 is 0 Å². The smallest absolute Gasteiger partial charge is 0.159 e. The average Bonchev–Trinajstić information content (AvgIpc) is 2.74. The summed E-state index contributed by atoms with van der Waals surface area (Å²) >= 11 is 0. The Labute approximate surface area is 201 Å². The molecule has 2 N–H and O–H groups in total. The van der Waals surface area contributed by atoms with Crippen molar-refractivity contribution < 1.29 is 15.0 Å². The van der Waals surface area contributed by atoms with E-state index in [0.717, 1.165) is 44.9 Å². The number of carbonyl (C=O) groups is 1. The number of carbonyl (C=O) groups excluding carboxylic acids is 1. The summed E-state index contributed by atoms with van der Waals surface area (Å²) < 4.78 is 0. The third-order valence-corrected chi connectivity index (χ3v) is 13.0. The Morgan fingerprint density at radius 3 is 2.24 bits per heavy atom. The van der Waals surface area contributed by atoms with Crippen molar-refractivity contribution in [3.63, 3.8) is 0 Å². The largest absolute Gasteiger partial charge is 0.396 e. The molecule has 5 aliphatic carbocycles. The zero-order chi connectivity index (χ0) is 24.2. The minimum absolute atomic E-state index is 0.0305. The molecule has 3 nitrogen and oxygen atoms in total. The van der Waals surface area contributed by atoms with Crippen molar-refractivity contribution in [2.75, 3.05) is 6.61 Å². The van der Waals surface area contributed by atoms with Crippen LogP contribution in [0.5, 0.6) is 0 Å². The highest BCUT2D eigenvalue weighted by atomic mass is 16.3. The van der Waals surface area contributed by atoms with Gasteiger partial charge in [0.25, 0.3) is 0 Å². The second-order valence-corrected chi connectivity index (χ2v) is 15.0. The topological polar surface area (TPSA) is 57.5 Å². The van der Waals surface area contributed by atoms with E-state index in [1.54, 1.807) is 0 Å². The molecule has 0 amide bonds. The molecule has 0 saturated heterocycles. The summed E-state index contributed by atoms with van der Waals surface area (Å²) in [5.74, 6) is 1.20. The first-order chi connectivity index (χ1) is 15.2. The number of fused-ring (bicyclic) bond motifs is 7. The van der Waals surface area contributed by atoms with Crippen molar-refractivity contribution in [2.24, 2.45) is 50.2 Å². The van der Waals surface area contributed by atoms with E-state index in [2.05, 4.69) is 54.5 Å². The molecule has 0 spiro atoms. The summed E-state index contributed by atoms with van der Waals surface area (Å²) in [4.78, 5) is 14.2. The molecule has 9 atom stereocenters. The van der Waals surface area contributed by atoms with E-state index in [1.165, 1.54) is 18.4 Å². The first-order valence-electron chi connectivity index (χ1n) is 13.7. The second-order valence-electron chi connectivity index (χ2n) is 15.0. The van der Waals surface area contributed by atoms with Gasteiger partial charge in [0.15, 0.2) is 5.78 Å². The Hall–Kier alpha value is -0.670. The maximum absolute atomic E-state index is 14.2. The van der Waals surface area contributed by atoms with Crippen LogP contribution < -0.4 is 0 Å². The van der Waals surface area contributed by atoms with Gasteiger partial charge in [-0.3, -0.25) is 4.79 Å². The summed E-state index contributed by atoms with van der Waals surface area (Å²) in [5.41, 5.74) is 1.46. The standard InChI is InChI=1S/C30H48O3/c1-25(2)22-8-11-30(7)24(28(22,5)10-9-23(25)33)21(32)16-19-20-17-26(3,18-31)12-13-27(20,4)14-15-29(19,30)6/h16,20,22-24,31,33H,8-15,17-18H2,1-7H3/t20-,22?,23-,24+,26-,27+,28-,29+,30+/m0/s1. The molecule has 0 aromatic carbocycles. The first kappa shape index (κ1) is 24.0. The molecule has 33 heavy (non-hydrogen) atoms. The van der Waals surface area contributed by atoms with Gasteiger partial charge >= 0.3 is 0 Å². The lowest BCUT2D eigenvalue weighted by Crippen LogP contribution is -2.66. The summed E-state index contributed by atoms with van der Waals surface area (Å²) in [7, 11) is 0. The summed E-state index contributed by atoms with van der Waals surface area (Å²) in [6.07, 6.45) is 11.5. The molecule has 4 saturated carbocycles. The van der Waals surface area contributed by atoms with Crippen LogP contribution in [0.3, 0.4) is 0 Å². The lowest BCUT2D eigenvalue weighted by molar-refractivity contribution is -0.202. The van der Waals surface area contributed by atoms with Crippen molar-refractivity contribution in [2.45, 2.75) is 112 Å². The lowest BCUT2D eigenvalue weighted by atomic mass is 9.33. The van der Waals surface area contributed by atoms with E-state index in [0.29, 0.717) is 17.6 Å². The summed E-state index contributed by atoms with van der Waals surface area (Å²) in [6.45, 7) is 16.8. The van der Waals surface area contributed by atoms with Crippen molar-refractivity contribution in [3.05, 3.63) is 11.6 Å². The fourth-order valence-electron chi connectivity index (χ4n) is 10.4. The van der Waals surface area contributed by atoms with Crippen LogP contribution in [0, 0.1) is 50.2 Å². The second kappa shape index (κ2) is 6.96. The van der Waals surface area contributed by atoms with Crippen LogP contribution in [-0.2, 0) is 4.79 Å². The third kappa shape index (κ3) is 2.90. The predicted octanol–water partition coefficient (Wildman–Crippen LogP) is 6.32. The molecule has 3 heteroatoms. The van der Waals surface area contributed by atoms with E-state index in [4.69, 9.17) is 0 Å². The molecule has 186 valence electrons. The number of allylic oxidation sites excluding steroid dienone is 2. The number of ketones is 1. The van der Waals surface area contributed by atoms with Crippen LogP contribution in [0.2, 0.25) is 0 Å². The molecular weight excluding hydrogens is 408 g/mol. The maximum atomic E-state index is 14.2. The van der Waals surface area contributed by atoms with Crippen molar-refractivity contribution in [1.82, 2.24) is 0 Å². The van der Waals surface area contributed by atoms with E-state index in [-0.39, 0.29) is 51.1 Å². The zero-order valence-corrected chi connectivity index (χ0v) is 22.3. The highest BCUT2D eigenvalue weighted by Gasteiger charge is 2.70. The quantitative estimate of drug-likeness (QED) is 0.485. The molecule has 0 aliphatic heterocycles. The van der Waals surface area contributed by atoms with Crippen molar-refractivity contribution in [1.29, 1.82) is 0 Å². The molecule has 4 fully saturated rings. The van der Waals surface area contributed by atoms with E-state index in [1.807, 2.05) is 0 Å². The molecule has 0 aromatic rings. The average molecular weight is 457 g/mol. The number of aliphatic hydroxyl groups is 2. The summed E-state index contributed by atoms with van der Waals surface area (Å²) in [6, 6.07) is 0. The SMILES string of the molecule is CC1(C)C2CC[C@]3(C)[C@H](C(=O)C=C4[C@@H]5C[C@@](C)(CO)CC[C@]5(C)CC[C@]43C)[C@@]2(C)CC[C@@H]1O. The molecule has 5 aliphatic rings. The van der Waals surface area contributed by atoms with Gasteiger partial charge in [0.1, 0.15) is 0 Å². The third-order valence-electron chi connectivity index (χ3n) is 13.0. The van der Waals surface area contributed by atoms with Gasteiger partial charge in [0.2, 0.25) is 0 Å². The Balaban J connectivity index is 1.62. The van der Waals surface area contributed by atoms with Gasteiger partial charge in [-0.25, -0.2) is 0 Å². The molecule has 0 aromatic heterocycles. The molecular formula is C30H48O3. The van der Waals surface area contributed by atoms with Gasteiger partial charge in [0.05, 0.1) is 6.10 Å². The van der Waals surface area contributed by atoms with Gasteiger partial charge in [0, 0.05) is 12.5 Å². The van der Waals surface area contributed by atoms with Crippen molar-refractivity contribution >= 4 is 5.78 Å². The molecule has 1 unspecified atom stereocenters. The normalized spacial score (nSPS) is 55.5. The van der Waals surface area contributed by atoms with Crippen LogP contribution >= 0.6 is 0 Å². The van der Waals surface area contributed by atoms with Crippen LogP contribution in [0.15, 0.2) is 11.6 Å². The van der Waals surface area contributed by atoms with Crippen LogP contribution in [0.25, 0.3) is 0 Å². The van der Waals surface area contributed by atoms with Gasteiger partial charge in [-0.15, -0.1) is 0 Å². The Morgan fingerprint density at radius 1 is 0.909 bits per heavy atom.